The first-order chi connectivity index (χ1) is 18.4. The van der Waals surface area contributed by atoms with Crippen molar-refractivity contribution in [3.63, 3.8) is 0 Å². The van der Waals surface area contributed by atoms with E-state index in [1.165, 1.54) is 16.7 Å². The van der Waals surface area contributed by atoms with Gasteiger partial charge in [0.2, 0.25) is 5.91 Å². The van der Waals surface area contributed by atoms with Gasteiger partial charge >= 0.3 is 0 Å². The number of benzene rings is 2. The molecule has 1 amide bonds. The van der Waals surface area contributed by atoms with E-state index in [9.17, 15) is 9.90 Å². The van der Waals surface area contributed by atoms with E-state index in [1.807, 2.05) is 0 Å². The lowest BCUT2D eigenvalue weighted by molar-refractivity contribution is -0.124. The number of carbonyl (C=O) groups excluding carboxylic acids is 1. The van der Waals surface area contributed by atoms with Crippen molar-refractivity contribution in [2.75, 3.05) is 18.6 Å². The molecule has 0 radical (unpaired) electrons. The topological polar surface area (TPSA) is 54.7 Å². The Bertz CT molecular complexity index is 1230. The van der Waals surface area contributed by atoms with Crippen LogP contribution in [0.1, 0.15) is 74.0 Å². The summed E-state index contributed by atoms with van der Waals surface area (Å²) in [5.41, 5.74) is 5.88. The number of carbonyl (C=O) groups is 1. The number of rotatable bonds is 7. The summed E-state index contributed by atoms with van der Waals surface area (Å²) in [6.45, 7) is 4.97. The molecule has 0 bridgehead atoms. The molecule has 3 aromatic rings. The molecule has 1 N–H and O–H groups in total. The quantitative estimate of drug-likeness (QED) is 0.371. The molecule has 5 rings (SSSR count). The lowest BCUT2D eigenvalue weighted by atomic mass is 9.78. The minimum atomic E-state index is -0.260. The summed E-state index contributed by atoms with van der Waals surface area (Å²) in [6.07, 6.45) is 11.5. The molecule has 1 aromatic heterocycles. The Balaban J connectivity index is 1.32. The molecular weight excluding hydrogens is 472 g/mol. The molecule has 2 aliphatic rings. The van der Waals surface area contributed by atoms with Gasteiger partial charge in [-0.3, -0.25) is 4.79 Å². The maximum atomic E-state index is 13.9. The predicted octanol–water partition coefficient (Wildman–Crippen LogP) is 6.96. The van der Waals surface area contributed by atoms with Crippen LogP contribution in [0, 0.1) is 25.7 Å². The lowest BCUT2D eigenvalue weighted by Crippen LogP contribution is -2.41. The van der Waals surface area contributed by atoms with Crippen LogP contribution in [0.3, 0.4) is 0 Å². The van der Waals surface area contributed by atoms with Crippen LogP contribution in [0.4, 0.5) is 5.69 Å². The van der Waals surface area contributed by atoms with E-state index in [1.54, 1.807) is 7.11 Å². The van der Waals surface area contributed by atoms with Gasteiger partial charge in [0.1, 0.15) is 5.75 Å². The number of aliphatic hydroxyl groups is 1. The number of aliphatic hydroxyl groups excluding tert-OH is 1. The van der Waals surface area contributed by atoms with Gasteiger partial charge in [-0.1, -0.05) is 18.2 Å². The van der Waals surface area contributed by atoms with E-state index in [4.69, 9.17) is 4.74 Å². The molecule has 5 nitrogen and oxygen atoms in total. The van der Waals surface area contributed by atoms with Crippen molar-refractivity contribution in [3.8, 4) is 11.4 Å². The van der Waals surface area contributed by atoms with E-state index < -0.39 is 0 Å². The van der Waals surface area contributed by atoms with Crippen LogP contribution < -0.4 is 9.64 Å². The molecule has 2 fully saturated rings. The average Bonchev–Trinajstić information content (AvgIpc) is 3.38. The fourth-order valence-electron chi connectivity index (χ4n) is 6.44. The van der Waals surface area contributed by atoms with Crippen LogP contribution in [0.25, 0.3) is 5.69 Å². The smallest absolute Gasteiger partial charge is 0.230 e. The van der Waals surface area contributed by atoms with Crippen LogP contribution in [-0.4, -0.2) is 35.3 Å². The molecule has 0 atom stereocenters. The molecule has 1 heterocycles. The lowest BCUT2D eigenvalue weighted by Gasteiger charge is -2.36. The first kappa shape index (κ1) is 26.6. The number of anilines is 1. The van der Waals surface area contributed by atoms with E-state index in [-0.39, 0.29) is 17.9 Å². The molecule has 202 valence electrons. The maximum Gasteiger partial charge on any atom is 0.230 e. The summed E-state index contributed by atoms with van der Waals surface area (Å²) in [5, 5.41) is 10.0. The van der Waals surface area contributed by atoms with E-state index >= 15 is 0 Å². The van der Waals surface area contributed by atoms with Crippen molar-refractivity contribution in [3.05, 3.63) is 77.6 Å². The highest BCUT2D eigenvalue weighted by Gasteiger charge is 2.32. The van der Waals surface area contributed by atoms with Crippen LogP contribution in [0.2, 0.25) is 0 Å². The van der Waals surface area contributed by atoms with E-state index in [0.29, 0.717) is 11.8 Å². The summed E-state index contributed by atoms with van der Waals surface area (Å²) in [5.74, 6) is 2.23. The van der Waals surface area contributed by atoms with Gasteiger partial charge in [0.25, 0.3) is 0 Å². The van der Waals surface area contributed by atoms with Gasteiger partial charge in [-0.2, -0.15) is 0 Å². The third-order valence-electron chi connectivity index (χ3n) is 8.77. The van der Waals surface area contributed by atoms with E-state index in [0.717, 1.165) is 75.0 Å². The van der Waals surface area contributed by atoms with Crippen molar-refractivity contribution in [1.29, 1.82) is 0 Å². The minimum Gasteiger partial charge on any atom is -0.496 e. The standard InChI is InChI=1S/C33H42N2O3/c1-23-17-18-34(21-23)29-5-4-6-30(20-29)35(33(37)27-11-14-31(36)15-12-27)22-25-7-9-26(10-8-25)28-13-16-32(38-3)24(2)19-28/h4-6,13,16-21,25-27,31,36H,7-12,14-15,22H2,1-3H3/t25-,26-,27-,31-. The second kappa shape index (κ2) is 11.8. The van der Waals surface area contributed by atoms with Gasteiger partial charge < -0.3 is 19.3 Å². The van der Waals surface area contributed by atoms with Crippen LogP contribution in [-0.2, 0) is 4.79 Å². The SMILES string of the molecule is COc1ccc([C@H]2CC[C@H](CN(c3cccc(-n4ccc(C)c4)c3)C(=O)[C@H]3CC[C@H](O)CC3)CC2)cc1C. The first-order valence-electron chi connectivity index (χ1n) is 14.3. The molecule has 0 aliphatic heterocycles. The van der Waals surface area contributed by atoms with Gasteiger partial charge in [-0.15, -0.1) is 0 Å². The zero-order valence-electron chi connectivity index (χ0n) is 23.1. The molecular formula is C33H42N2O3. The summed E-state index contributed by atoms with van der Waals surface area (Å²) in [6, 6.07) is 17.1. The number of amides is 1. The molecule has 0 spiro atoms. The molecule has 0 saturated heterocycles. The van der Waals surface area contributed by atoms with Gasteiger partial charge in [-0.05, 0) is 124 Å². The highest BCUT2D eigenvalue weighted by atomic mass is 16.5. The summed E-state index contributed by atoms with van der Waals surface area (Å²) in [7, 11) is 1.73. The second-order valence-electron chi connectivity index (χ2n) is 11.5. The highest BCUT2D eigenvalue weighted by molar-refractivity contribution is 5.95. The Morgan fingerprint density at radius 1 is 0.974 bits per heavy atom. The summed E-state index contributed by atoms with van der Waals surface area (Å²) >= 11 is 0. The number of methoxy groups -OCH3 is 1. The Kier molecular flexibility index (Phi) is 8.23. The Morgan fingerprint density at radius 3 is 2.39 bits per heavy atom. The normalized spacial score (nSPS) is 23.7. The third kappa shape index (κ3) is 5.99. The molecule has 2 aromatic carbocycles. The minimum absolute atomic E-state index is 0.00510. The van der Waals surface area contributed by atoms with Crippen LogP contribution >= 0.6 is 0 Å². The fourth-order valence-corrected chi connectivity index (χ4v) is 6.44. The number of aromatic nitrogens is 1. The van der Waals surface area contributed by atoms with Crippen molar-refractivity contribution in [2.24, 2.45) is 11.8 Å². The average molecular weight is 515 g/mol. The predicted molar refractivity (Wildman–Crippen MR) is 153 cm³/mol. The fraction of sp³-hybridized carbons (Fsp3) is 0.485. The van der Waals surface area contributed by atoms with Gasteiger partial charge in [-0.25, -0.2) is 0 Å². The van der Waals surface area contributed by atoms with Crippen LogP contribution in [0.15, 0.2) is 60.9 Å². The van der Waals surface area contributed by atoms with Gasteiger partial charge in [0.05, 0.1) is 13.2 Å². The summed E-state index contributed by atoms with van der Waals surface area (Å²) < 4.78 is 7.58. The van der Waals surface area contributed by atoms with Crippen molar-refractivity contribution in [2.45, 2.75) is 77.2 Å². The monoisotopic (exact) mass is 514 g/mol. The van der Waals surface area contributed by atoms with Crippen molar-refractivity contribution >= 4 is 11.6 Å². The third-order valence-corrected chi connectivity index (χ3v) is 8.77. The molecule has 0 unspecified atom stereocenters. The van der Waals surface area contributed by atoms with Crippen molar-refractivity contribution < 1.29 is 14.6 Å². The van der Waals surface area contributed by atoms with Gasteiger partial charge in [0, 0.05) is 36.2 Å². The Labute approximate surface area is 227 Å². The largest absolute Gasteiger partial charge is 0.496 e. The number of hydrogen-bond acceptors (Lipinski definition) is 3. The number of ether oxygens (including phenoxy) is 1. The van der Waals surface area contributed by atoms with E-state index in [2.05, 4.69) is 84.2 Å². The number of nitrogens with zero attached hydrogens (tertiary/aromatic N) is 2. The molecule has 5 heteroatoms. The molecule has 2 saturated carbocycles. The Morgan fingerprint density at radius 2 is 1.74 bits per heavy atom. The van der Waals surface area contributed by atoms with Crippen LogP contribution in [0.5, 0.6) is 5.75 Å². The zero-order chi connectivity index (χ0) is 26.6. The highest BCUT2D eigenvalue weighted by Crippen LogP contribution is 2.38. The number of aryl methyl sites for hydroxylation is 2. The van der Waals surface area contributed by atoms with Crippen molar-refractivity contribution in [1.82, 2.24) is 4.57 Å². The maximum absolute atomic E-state index is 13.9. The second-order valence-corrected chi connectivity index (χ2v) is 11.5. The zero-order valence-corrected chi connectivity index (χ0v) is 23.1. The number of hydrogen-bond donors (Lipinski definition) is 1. The van der Waals surface area contributed by atoms with Gasteiger partial charge in [0.15, 0.2) is 0 Å². The Hall–Kier alpha value is -3.05. The summed E-state index contributed by atoms with van der Waals surface area (Å²) in [4.78, 5) is 16.0. The first-order valence-corrected chi connectivity index (χ1v) is 14.3. The molecule has 38 heavy (non-hydrogen) atoms. The molecule has 2 aliphatic carbocycles.